The number of nitrogens with two attached hydrogens (primary N) is 1. The van der Waals surface area contributed by atoms with Crippen LogP contribution in [-0.4, -0.2) is 28.2 Å². The van der Waals surface area contributed by atoms with Crippen molar-refractivity contribution in [3.63, 3.8) is 0 Å². The maximum absolute atomic E-state index is 9.23. The number of aliphatic hydroxyl groups excluding tert-OH is 1. The number of aromatic nitrogens is 2. The lowest BCUT2D eigenvalue weighted by molar-refractivity contribution is 0.219. The van der Waals surface area contributed by atoms with Crippen LogP contribution in [0.15, 0.2) is 6.07 Å². The standard InChI is InChI=1S/C11H19N5O/c1-2-8-14-9(5-10(15-8)16-12)13-6-11(7-17)3-4-11/h5,17H,2-4,6-7,12H2,1H3,(H2,13,14,15,16). The van der Waals surface area contributed by atoms with Gasteiger partial charge < -0.3 is 15.8 Å². The van der Waals surface area contributed by atoms with E-state index in [0.717, 1.165) is 37.4 Å². The molecule has 0 aliphatic heterocycles. The van der Waals surface area contributed by atoms with Gasteiger partial charge in [-0.3, -0.25) is 0 Å². The summed E-state index contributed by atoms with van der Waals surface area (Å²) in [6.45, 7) is 2.97. The fraction of sp³-hybridized carbons (Fsp3) is 0.636. The quantitative estimate of drug-likeness (QED) is 0.425. The molecule has 0 radical (unpaired) electrons. The molecule has 1 heterocycles. The maximum atomic E-state index is 9.23. The SMILES string of the molecule is CCc1nc(NN)cc(NCC2(CO)CC2)n1. The molecule has 1 aromatic rings. The van der Waals surface area contributed by atoms with Crippen LogP contribution in [0.5, 0.6) is 0 Å². The predicted molar refractivity (Wildman–Crippen MR) is 66.5 cm³/mol. The Morgan fingerprint density at radius 1 is 1.41 bits per heavy atom. The molecular weight excluding hydrogens is 218 g/mol. The zero-order valence-electron chi connectivity index (χ0n) is 10.0. The molecule has 6 heteroatoms. The van der Waals surface area contributed by atoms with E-state index in [2.05, 4.69) is 20.7 Å². The Hall–Kier alpha value is -1.40. The monoisotopic (exact) mass is 237 g/mol. The summed E-state index contributed by atoms with van der Waals surface area (Å²) in [7, 11) is 0. The third-order valence-corrected chi connectivity index (χ3v) is 3.17. The van der Waals surface area contributed by atoms with E-state index in [1.165, 1.54) is 0 Å². The van der Waals surface area contributed by atoms with Gasteiger partial charge in [-0.15, -0.1) is 0 Å². The average Bonchev–Trinajstić information content (AvgIpc) is 3.16. The number of aliphatic hydroxyl groups is 1. The Kier molecular flexibility index (Phi) is 3.44. The Balaban J connectivity index is 2.04. The molecule has 0 aromatic carbocycles. The van der Waals surface area contributed by atoms with E-state index >= 15 is 0 Å². The summed E-state index contributed by atoms with van der Waals surface area (Å²) >= 11 is 0. The van der Waals surface area contributed by atoms with Gasteiger partial charge >= 0.3 is 0 Å². The lowest BCUT2D eigenvalue weighted by Gasteiger charge is -2.14. The van der Waals surface area contributed by atoms with Crippen molar-refractivity contribution < 1.29 is 5.11 Å². The van der Waals surface area contributed by atoms with Gasteiger partial charge in [0.25, 0.3) is 0 Å². The van der Waals surface area contributed by atoms with Crippen LogP contribution < -0.4 is 16.6 Å². The number of nitrogens with zero attached hydrogens (tertiary/aromatic N) is 2. The lowest BCUT2D eigenvalue weighted by Crippen LogP contribution is -2.20. The van der Waals surface area contributed by atoms with Gasteiger partial charge in [0.05, 0.1) is 6.61 Å². The molecule has 0 unspecified atom stereocenters. The number of hydrazine groups is 1. The second-order valence-electron chi connectivity index (χ2n) is 4.56. The van der Waals surface area contributed by atoms with E-state index < -0.39 is 0 Å². The van der Waals surface area contributed by atoms with Gasteiger partial charge in [-0.05, 0) is 12.8 Å². The van der Waals surface area contributed by atoms with Gasteiger partial charge in [0.2, 0.25) is 0 Å². The van der Waals surface area contributed by atoms with Crippen LogP contribution in [0.2, 0.25) is 0 Å². The molecule has 0 saturated heterocycles. The average molecular weight is 237 g/mol. The minimum absolute atomic E-state index is 0.0631. The van der Waals surface area contributed by atoms with Crippen LogP contribution in [0.4, 0.5) is 11.6 Å². The molecule has 1 aliphatic carbocycles. The molecule has 0 atom stereocenters. The minimum Gasteiger partial charge on any atom is -0.396 e. The van der Waals surface area contributed by atoms with Gasteiger partial charge in [-0.2, -0.15) is 0 Å². The largest absolute Gasteiger partial charge is 0.396 e. The summed E-state index contributed by atoms with van der Waals surface area (Å²) in [5.74, 6) is 7.46. The maximum Gasteiger partial charge on any atom is 0.145 e. The van der Waals surface area contributed by atoms with Crippen molar-refractivity contribution in [3.05, 3.63) is 11.9 Å². The van der Waals surface area contributed by atoms with Crippen LogP contribution in [0.3, 0.4) is 0 Å². The first kappa shape index (κ1) is 12.1. The third kappa shape index (κ3) is 2.83. The first-order valence-electron chi connectivity index (χ1n) is 5.91. The number of hydrogen-bond donors (Lipinski definition) is 4. The van der Waals surface area contributed by atoms with Gasteiger partial charge in [-0.25, -0.2) is 15.8 Å². The molecular formula is C11H19N5O. The summed E-state index contributed by atoms with van der Waals surface area (Å²) in [6.07, 6.45) is 2.91. The first-order valence-corrected chi connectivity index (χ1v) is 5.91. The van der Waals surface area contributed by atoms with Gasteiger partial charge in [0.1, 0.15) is 17.5 Å². The Labute approximate surface area is 101 Å². The van der Waals surface area contributed by atoms with Crippen molar-refractivity contribution >= 4 is 11.6 Å². The van der Waals surface area contributed by atoms with Crippen molar-refractivity contribution in [2.24, 2.45) is 11.3 Å². The number of nitrogens with one attached hydrogen (secondary N) is 2. The van der Waals surface area contributed by atoms with E-state index in [1.54, 1.807) is 6.07 Å². The molecule has 17 heavy (non-hydrogen) atoms. The number of aryl methyl sites for hydroxylation is 1. The summed E-state index contributed by atoms with van der Waals surface area (Å²) in [5.41, 5.74) is 2.59. The van der Waals surface area contributed by atoms with E-state index in [4.69, 9.17) is 5.84 Å². The van der Waals surface area contributed by atoms with Crippen LogP contribution in [0.1, 0.15) is 25.6 Å². The highest BCUT2D eigenvalue weighted by Gasteiger charge is 2.41. The van der Waals surface area contributed by atoms with E-state index in [9.17, 15) is 5.11 Å². The normalized spacial score (nSPS) is 16.6. The smallest absolute Gasteiger partial charge is 0.145 e. The zero-order valence-corrected chi connectivity index (χ0v) is 10.0. The zero-order chi connectivity index (χ0) is 12.3. The fourth-order valence-electron chi connectivity index (χ4n) is 1.67. The number of hydrogen-bond acceptors (Lipinski definition) is 6. The Morgan fingerprint density at radius 3 is 2.65 bits per heavy atom. The minimum atomic E-state index is 0.0631. The molecule has 1 fully saturated rings. The van der Waals surface area contributed by atoms with Crippen molar-refractivity contribution in [1.82, 2.24) is 9.97 Å². The van der Waals surface area contributed by atoms with Crippen molar-refractivity contribution in [1.29, 1.82) is 0 Å². The van der Waals surface area contributed by atoms with E-state index in [0.29, 0.717) is 5.82 Å². The summed E-state index contributed by atoms with van der Waals surface area (Å²) in [6, 6.07) is 1.77. The molecule has 0 bridgehead atoms. The second-order valence-corrected chi connectivity index (χ2v) is 4.56. The van der Waals surface area contributed by atoms with Crippen LogP contribution >= 0.6 is 0 Å². The van der Waals surface area contributed by atoms with Gasteiger partial charge in [0.15, 0.2) is 0 Å². The van der Waals surface area contributed by atoms with E-state index in [-0.39, 0.29) is 12.0 Å². The molecule has 94 valence electrons. The molecule has 0 spiro atoms. The molecule has 1 saturated carbocycles. The molecule has 0 amide bonds. The first-order chi connectivity index (χ1) is 8.21. The van der Waals surface area contributed by atoms with Gasteiger partial charge in [-0.1, -0.05) is 6.92 Å². The Bertz CT molecular complexity index is 369. The fourth-order valence-corrected chi connectivity index (χ4v) is 1.67. The predicted octanol–water partition coefficient (Wildman–Crippen LogP) is 0.509. The highest BCUT2D eigenvalue weighted by molar-refractivity contribution is 5.47. The number of nitrogen functional groups attached to an aromatic ring is 1. The van der Waals surface area contributed by atoms with Crippen LogP contribution in [-0.2, 0) is 6.42 Å². The van der Waals surface area contributed by atoms with E-state index in [1.807, 2.05) is 6.92 Å². The van der Waals surface area contributed by atoms with Crippen molar-refractivity contribution in [2.75, 3.05) is 23.9 Å². The van der Waals surface area contributed by atoms with Crippen LogP contribution in [0.25, 0.3) is 0 Å². The summed E-state index contributed by atoms with van der Waals surface area (Å²) in [5, 5.41) is 12.5. The molecule has 5 N–H and O–H groups in total. The molecule has 6 nitrogen and oxygen atoms in total. The molecule has 1 aromatic heterocycles. The summed E-state index contributed by atoms with van der Waals surface area (Å²) in [4.78, 5) is 8.58. The molecule has 2 rings (SSSR count). The lowest BCUT2D eigenvalue weighted by atomic mass is 10.1. The summed E-state index contributed by atoms with van der Waals surface area (Å²) < 4.78 is 0. The number of rotatable bonds is 6. The Morgan fingerprint density at radius 2 is 2.12 bits per heavy atom. The topological polar surface area (TPSA) is 96.1 Å². The highest BCUT2D eigenvalue weighted by Crippen LogP contribution is 2.44. The van der Waals surface area contributed by atoms with Crippen LogP contribution in [0, 0.1) is 5.41 Å². The molecule has 1 aliphatic rings. The second kappa shape index (κ2) is 4.85. The third-order valence-electron chi connectivity index (χ3n) is 3.17. The number of anilines is 2. The van der Waals surface area contributed by atoms with Crippen molar-refractivity contribution in [2.45, 2.75) is 26.2 Å². The van der Waals surface area contributed by atoms with Crippen molar-refractivity contribution in [3.8, 4) is 0 Å². The highest BCUT2D eigenvalue weighted by atomic mass is 16.3. The van der Waals surface area contributed by atoms with Gasteiger partial charge in [0, 0.05) is 24.4 Å².